The number of hydrogen-bond donors (Lipinski definition) is 0. The molecular formula is C53H36BNO. The zero-order valence-electron chi connectivity index (χ0n) is 31.0. The zero-order chi connectivity index (χ0) is 37.2. The molecule has 9 aromatic carbocycles. The Morgan fingerprint density at radius 1 is 0.375 bits per heavy atom. The van der Waals surface area contributed by atoms with Crippen LogP contribution >= 0.6 is 0 Å². The van der Waals surface area contributed by atoms with E-state index in [0.717, 1.165) is 28.4 Å². The van der Waals surface area contributed by atoms with Crippen LogP contribution in [0.2, 0.25) is 0 Å². The van der Waals surface area contributed by atoms with Crippen molar-refractivity contribution in [3.8, 4) is 56.0 Å². The van der Waals surface area contributed by atoms with Gasteiger partial charge in [-0.3, -0.25) is 0 Å². The summed E-state index contributed by atoms with van der Waals surface area (Å²) in [6.45, 7) is 2.15. The van der Waals surface area contributed by atoms with Crippen molar-refractivity contribution in [3.63, 3.8) is 0 Å². The predicted octanol–water partition coefficient (Wildman–Crippen LogP) is 12.2. The lowest BCUT2D eigenvalue weighted by atomic mass is 9.34. The normalized spacial score (nSPS) is 12.4. The second kappa shape index (κ2) is 13.0. The van der Waals surface area contributed by atoms with Crippen LogP contribution in [0.4, 0.5) is 17.1 Å². The quantitative estimate of drug-likeness (QED) is 0.165. The monoisotopic (exact) mass is 713 g/mol. The number of aryl methyl sites for hydroxylation is 1. The van der Waals surface area contributed by atoms with Crippen LogP contribution < -0.4 is 26.0 Å². The number of nitrogens with zero attached hydrogens (tertiary/aromatic N) is 1. The van der Waals surface area contributed by atoms with Crippen LogP contribution in [-0.2, 0) is 0 Å². The molecule has 0 N–H and O–H groups in total. The molecule has 2 heterocycles. The fourth-order valence-electron chi connectivity index (χ4n) is 8.90. The van der Waals surface area contributed by atoms with E-state index in [2.05, 4.69) is 212 Å². The average molecular weight is 714 g/mol. The Morgan fingerprint density at radius 2 is 0.929 bits per heavy atom. The highest BCUT2D eigenvalue weighted by atomic mass is 16.5. The molecule has 0 unspecified atom stereocenters. The zero-order valence-corrected chi connectivity index (χ0v) is 31.0. The van der Waals surface area contributed by atoms with Gasteiger partial charge in [-0.1, -0.05) is 158 Å². The Morgan fingerprint density at radius 3 is 1.61 bits per heavy atom. The first kappa shape index (κ1) is 32.3. The van der Waals surface area contributed by atoms with Gasteiger partial charge in [0, 0.05) is 16.9 Å². The van der Waals surface area contributed by atoms with Gasteiger partial charge in [-0.25, -0.2) is 0 Å². The third kappa shape index (κ3) is 5.35. The van der Waals surface area contributed by atoms with Gasteiger partial charge in [0.05, 0.1) is 5.69 Å². The molecule has 262 valence electrons. The number of hydrogen-bond acceptors (Lipinski definition) is 2. The average Bonchev–Trinajstić information content (AvgIpc) is 3.26. The van der Waals surface area contributed by atoms with Gasteiger partial charge in [-0.2, -0.15) is 0 Å². The smallest absolute Gasteiger partial charge is 0.256 e. The minimum Gasteiger partial charge on any atom is -0.458 e. The molecule has 0 saturated carbocycles. The van der Waals surface area contributed by atoms with Gasteiger partial charge in [0.15, 0.2) is 0 Å². The maximum absolute atomic E-state index is 6.92. The van der Waals surface area contributed by atoms with Crippen molar-refractivity contribution < 1.29 is 4.74 Å². The molecule has 11 rings (SSSR count). The maximum atomic E-state index is 6.92. The summed E-state index contributed by atoms with van der Waals surface area (Å²) < 4.78 is 6.92. The molecule has 0 spiro atoms. The topological polar surface area (TPSA) is 12.5 Å². The Balaban J connectivity index is 1.19. The van der Waals surface area contributed by atoms with Crippen molar-refractivity contribution in [3.05, 3.63) is 206 Å². The predicted molar refractivity (Wildman–Crippen MR) is 236 cm³/mol. The van der Waals surface area contributed by atoms with Crippen LogP contribution in [0.3, 0.4) is 0 Å². The van der Waals surface area contributed by atoms with E-state index < -0.39 is 0 Å². The molecule has 9 aromatic rings. The Kier molecular flexibility index (Phi) is 7.53. The van der Waals surface area contributed by atoms with Crippen LogP contribution in [0.25, 0.3) is 55.3 Å². The highest BCUT2D eigenvalue weighted by Gasteiger charge is 2.42. The van der Waals surface area contributed by atoms with E-state index in [4.69, 9.17) is 4.74 Å². The van der Waals surface area contributed by atoms with Crippen molar-refractivity contribution in [1.82, 2.24) is 0 Å². The van der Waals surface area contributed by atoms with Gasteiger partial charge in [0.25, 0.3) is 6.71 Å². The van der Waals surface area contributed by atoms with Gasteiger partial charge in [-0.05, 0) is 121 Å². The molecule has 0 radical (unpaired) electrons. The number of ether oxygens (including phenoxy) is 1. The number of rotatable bonds is 5. The molecule has 0 aromatic heterocycles. The Labute approximate surface area is 328 Å². The molecule has 2 nitrogen and oxygen atoms in total. The molecule has 56 heavy (non-hydrogen) atoms. The molecule has 0 saturated heterocycles. The third-order valence-corrected chi connectivity index (χ3v) is 11.5. The fraction of sp³-hybridized carbons (Fsp3) is 0.0189. The third-order valence-electron chi connectivity index (χ3n) is 11.5. The van der Waals surface area contributed by atoms with E-state index in [0.29, 0.717) is 0 Å². The SMILES string of the molecule is Cc1cc2c3c(c1)N(c1ccc(-c4ccccc4)cc1-c1ccc4ccccc4c1)c1ccc(-c4ccccc4)cc1B3c1cc(-c3ccccc3)ccc1O2. The standard InChI is InChI=1S/C53H36BNO/c1-35-29-50-53-52(30-35)56-51-28-25-43(38-17-9-4-10-18-38)34-47(51)54(53)46-33-42(37-15-7-3-8-16-37)24-27-49(46)55(50)48-26-23-41(36-13-5-2-6-14-36)32-45(48)44-22-21-39-19-11-12-20-40(39)31-44/h2-34H,1H3. The molecule has 3 heteroatoms. The summed E-state index contributed by atoms with van der Waals surface area (Å²) in [4.78, 5) is 2.50. The van der Waals surface area contributed by atoms with Crippen molar-refractivity contribution in [2.45, 2.75) is 6.92 Å². The summed E-state index contributed by atoms with van der Waals surface area (Å²) in [5.74, 6) is 1.83. The van der Waals surface area contributed by atoms with Crippen LogP contribution in [0.15, 0.2) is 200 Å². The summed E-state index contributed by atoms with van der Waals surface area (Å²) in [7, 11) is 0. The number of anilines is 3. The molecule has 2 aliphatic rings. The lowest BCUT2D eigenvalue weighted by Gasteiger charge is -2.41. The minimum absolute atomic E-state index is 0.0318. The van der Waals surface area contributed by atoms with Gasteiger partial charge >= 0.3 is 0 Å². The van der Waals surface area contributed by atoms with Gasteiger partial charge in [-0.15, -0.1) is 0 Å². The van der Waals surface area contributed by atoms with E-state index in [1.807, 2.05) is 0 Å². The highest BCUT2D eigenvalue weighted by Crippen LogP contribution is 2.47. The highest BCUT2D eigenvalue weighted by molar-refractivity contribution is 6.99. The number of benzene rings is 9. The number of fused-ring (bicyclic) bond motifs is 5. The second-order valence-corrected chi connectivity index (χ2v) is 15.0. The molecule has 0 fully saturated rings. The van der Waals surface area contributed by atoms with Crippen molar-refractivity contribution in [2.24, 2.45) is 0 Å². The summed E-state index contributed by atoms with van der Waals surface area (Å²) >= 11 is 0. The van der Waals surface area contributed by atoms with Crippen molar-refractivity contribution >= 4 is 50.9 Å². The van der Waals surface area contributed by atoms with E-state index >= 15 is 0 Å². The first-order chi connectivity index (χ1) is 27.7. The molecule has 0 aliphatic carbocycles. The summed E-state index contributed by atoms with van der Waals surface area (Å²) in [5.41, 5.74) is 17.8. The summed E-state index contributed by atoms with van der Waals surface area (Å²) in [6, 6.07) is 72.9. The maximum Gasteiger partial charge on any atom is 0.256 e. The van der Waals surface area contributed by atoms with Crippen LogP contribution in [0.5, 0.6) is 11.5 Å². The first-order valence-corrected chi connectivity index (χ1v) is 19.4. The first-order valence-electron chi connectivity index (χ1n) is 19.4. The lowest BCUT2D eigenvalue weighted by molar-refractivity contribution is 0.487. The molecule has 0 bridgehead atoms. The molecule has 0 amide bonds. The van der Waals surface area contributed by atoms with Gasteiger partial charge in [0.2, 0.25) is 0 Å². The van der Waals surface area contributed by atoms with E-state index in [1.165, 1.54) is 77.4 Å². The molecule has 2 aliphatic heterocycles. The van der Waals surface area contributed by atoms with Gasteiger partial charge in [0.1, 0.15) is 11.5 Å². The van der Waals surface area contributed by atoms with Crippen molar-refractivity contribution in [2.75, 3.05) is 4.90 Å². The lowest BCUT2D eigenvalue weighted by Crippen LogP contribution is -2.59. The summed E-state index contributed by atoms with van der Waals surface area (Å²) in [6.07, 6.45) is 0. The fourth-order valence-corrected chi connectivity index (χ4v) is 8.90. The second-order valence-electron chi connectivity index (χ2n) is 15.0. The largest absolute Gasteiger partial charge is 0.458 e. The minimum atomic E-state index is -0.0318. The van der Waals surface area contributed by atoms with Crippen LogP contribution in [-0.4, -0.2) is 6.71 Å². The molecular weight excluding hydrogens is 677 g/mol. The van der Waals surface area contributed by atoms with Crippen molar-refractivity contribution in [1.29, 1.82) is 0 Å². The molecule has 0 atom stereocenters. The van der Waals surface area contributed by atoms with E-state index in [1.54, 1.807) is 0 Å². The Hall–Kier alpha value is -7.10. The van der Waals surface area contributed by atoms with Crippen LogP contribution in [0, 0.1) is 6.92 Å². The van der Waals surface area contributed by atoms with E-state index in [-0.39, 0.29) is 6.71 Å². The Bertz CT molecular complexity index is 2960. The van der Waals surface area contributed by atoms with Crippen LogP contribution in [0.1, 0.15) is 5.56 Å². The van der Waals surface area contributed by atoms with E-state index in [9.17, 15) is 0 Å². The van der Waals surface area contributed by atoms with Gasteiger partial charge < -0.3 is 9.64 Å². The summed E-state index contributed by atoms with van der Waals surface area (Å²) in [5, 5.41) is 2.45.